The minimum absolute atomic E-state index is 0.00665. The van der Waals surface area contributed by atoms with E-state index in [1.54, 1.807) is 6.92 Å². The highest BCUT2D eigenvalue weighted by Gasteiger charge is 2.34. The van der Waals surface area contributed by atoms with Gasteiger partial charge in [0.25, 0.3) is 0 Å². The van der Waals surface area contributed by atoms with E-state index in [4.69, 9.17) is 4.84 Å². The standard InChI is InChI=1S/C19H18F3N3O2/c1-12-16(17(25-27-12)13-7-3-2-4-8-13)24-18(26)23-11-14-9-5-6-10-15(14)19(20,21)22/h2-10,12,16H,11H2,1H3,(H2,23,24,26). The van der Waals surface area contributed by atoms with Crippen LogP contribution in [0.25, 0.3) is 0 Å². The third kappa shape index (κ3) is 4.39. The van der Waals surface area contributed by atoms with Crippen LogP contribution in [-0.4, -0.2) is 23.9 Å². The highest BCUT2D eigenvalue weighted by atomic mass is 19.4. The zero-order valence-electron chi connectivity index (χ0n) is 14.5. The molecule has 142 valence electrons. The fourth-order valence-electron chi connectivity index (χ4n) is 2.83. The van der Waals surface area contributed by atoms with Crippen LogP contribution >= 0.6 is 0 Å². The van der Waals surface area contributed by atoms with Crippen LogP contribution in [-0.2, 0) is 17.6 Å². The Morgan fingerprint density at radius 1 is 1.11 bits per heavy atom. The molecule has 2 aromatic rings. The number of carbonyl (C=O) groups excluding carboxylic acids is 1. The molecular weight excluding hydrogens is 359 g/mol. The molecule has 2 atom stereocenters. The number of nitrogens with zero attached hydrogens (tertiary/aromatic N) is 1. The van der Waals surface area contributed by atoms with Gasteiger partial charge in [0.1, 0.15) is 11.8 Å². The average molecular weight is 377 g/mol. The maximum Gasteiger partial charge on any atom is 0.416 e. The average Bonchev–Trinajstić information content (AvgIpc) is 3.01. The number of urea groups is 1. The van der Waals surface area contributed by atoms with E-state index in [9.17, 15) is 18.0 Å². The smallest absolute Gasteiger partial charge is 0.390 e. The summed E-state index contributed by atoms with van der Waals surface area (Å²) in [6, 6.07) is 13.2. The summed E-state index contributed by atoms with van der Waals surface area (Å²) in [5.41, 5.74) is 0.589. The number of rotatable bonds is 4. The van der Waals surface area contributed by atoms with E-state index >= 15 is 0 Å². The lowest BCUT2D eigenvalue weighted by atomic mass is 10.0. The Morgan fingerprint density at radius 2 is 1.78 bits per heavy atom. The van der Waals surface area contributed by atoms with Gasteiger partial charge in [-0.1, -0.05) is 53.7 Å². The van der Waals surface area contributed by atoms with Crippen LogP contribution in [0.15, 0.2) is 59.8 Å². The van der Waals surface area contributed by atoms with Gasteiger partial charge in [0, 0.05) is 12.1 Å². The van der Waals surface area contributed by atoms with Crippen molar-refractivity contribution >= 4 is 11.7 Å². The Kier molecular flexibility index (Phi) is 5.34. The van der Waals surface area contributed by atoms with E-state index in [0.29, 0.717) is 5.71 Å². The second-order valence-corrected chi connectivity index (χ2v) is 6.11. The molecule has 1 aliphatic rings. The Bertz CT molecular complexity index is 838. The van der Waals surface area contributed by atoms with Crippen molar-refractivity contribution in [1.29, 1.82) is 0 Å². The van der Waals surface area contributed by atoms with Gasteiger partial charge in [-0.25, -0.2) is 4.79 Å². The molecule has 1 heterocycles. The van der Waals surface area contributed by atoms with E-state index in [0.717, 1.165) is 11.6 Å². The van der Waals surface area contributed by atoms with Crippen molar-refractivity contribution < 1.29 is 22.8 Å². The Hall–Kier alpha value is -3.03. The molecule has 0 aliphatic carbocycles. The highest BCUT2D eigenvalue weighted by molar-refractivity contribution is 6.06. The van der Waals surface area contributed by atoms with Gasteiger partial charge in [-0.2, -0.15) is 13.2 Å². The van der Waals surface area contributed by atoms with Crippen molar-refractivity contribution in [3.63, 3.8) is 0 Å². The van der Waals surface area contributed by atoms with Gasteiger partial charge in [-0.05, 0) is 18.6 Å². The van der Waals surface area contributed by atoms with Gasteiger partial charge in [0.05, 0.1) is 5.56 Å². The predicted molar refractivity (Wildman–Crippen MR) is 94.1 cm³/mol. The van der Waals surface area contributed by atoms with Gasteiger partial charge in [-0.3, -0.25) is 0 Å². The maximum atomic E-state index is 13.0. The van der Waals surface area contributed by atoms with Crippen molar-refractivity contribution in [3.05, 3.63) is 71.3 Å². The number of hydrogen-bond acceptors (Lipinski definition) is 3. The monoisotopic (exact) mass is 377 g/mol. The van der Waals surface area contributed by atoms with Crippen LogP contribution in [0.5, 0.6) is 0 Å². The summed E-state index contributed by atoms with van der Waals surface area (Å²) < 4.78 is 39.1. The van der Waals surface area contributed by atoms with Crippen molar-refractivity contribution in [1.82, 2.24) is 10.6 Å². The second kappa shape index (κ2) is 7.69. The summed E-state index contributed by atoms with van der Waals surface area (Å²) in [6.07, 6.45) is -4.87. The predicted octanol–water partition coefficient (Wildman–Crippen LogP) is 3.70. The lowest BCUT2D eigenvalue weighted by Crippen LogP contribution is -2.49. The summed E-state index contributed by atoms with van der Waals surface area (Å²) >= 11 is 0. The molecule has 1 aliphatic heterocycles. The summed E-state index contributed by atoms with van der Waals surface area (Å²) in [5, 5.41) is 9.20. The number of nitrogens with one attached hydrogen (secondary N) is 2. The number of halogens is 3. The lowest BCUT2D eigenvalue weighted by Gasteiger charge is -2.19. The second-order valence-electron chi connectivity index (χ2n) is 6.11. The minimum atomic E-state index is -4.48. The van der Waals surface area contributed by atoms with E-state index < -0.39 is 29.9 Å². The SMILES string of the molecule is CC1ON=C(c2ccccc2)C1NC(=O)NCc1ccccc1C(F)(F)F. The van der Waals surface area contributed by atoms with Crippen molar-refractivity contribution in [2.24, 2.45) is 5.16 Å². The topological polar surface area (TPSA) is 62.7 Å². The number of hydrogen-bond donors (Lipinski definition) is 2. The summed E-state index contributed by atoms with van der Waals surface area (Å²) in [4.78, 5) is 17.5. The van der Waals surface area contributed by atoms with Gasteiger partial charge in [0.2, 0.25) is 0 Å². The van der Waals surface area contributed by atoms with Crippen molar-refractivity contribution in [3.8, 4) is 0 Å². The first-order valence-electron chi connectivity index (χ1n) is 8.35. The summed E-state index contributed by atoms with van der Waals surface area (Å²) in [5.74, 6) is 0. The van der Waals surface area contributed by atoms with Gasteiger partial charge in [-0.15, -0.1) is 0 Å². The summed E-state index contributed by atoms with van der Waals surface area (Å²) in [7, 11) is 0. The molecule has 27 heavy (non-hydrogen) atoms. The van der Waals surface area contributed by atoms with E-state index in [1.165, 1.54) is 18.2 Å². The van der Waals surface area contributed by atoms with Crippen LogP contribution in [0.3, 0.4) is 0 Å². The van der Waals surface area contributed by atoms with Crippen LogP contribution in [0, 0.1) is 0 Å². The van der Waals surface area contributed by atoms with Crippen LogP contribution in [0.4, 0.5) is 18.0 Å². The number of alkyl halides is 3. The van der Waals surface area contributed by atoms with Gasteiger partial charge >= 0.3 is 12.2 Å². The molecular formula is C19H18F3N3O2. The zero-order chi connectivity index (χ0) is 19.4. The van der Waals surface area contributed by atoms with Gasteiger partial charge in [0.15, 0.2) is 6.10 Å². The van der Waals surface area contributed by atoms with Crippen LogP contribution < -0.4 is 10.6 Å². The Labute approximate surface area is 154 Å². The van der Waals surface area contributed by atoms with Gasteiger partial charge < -0.3 is 15.5 Å². The third-order valence-corrected chi connectivity index (χ3v) is 4.20. The molecule has 2 N–H and O–H groups in total. The molecule has 0 saturated carbocycles. The van der Waals surface area contributed by atoms with E-state index in [1.807, 2.05) is 30.3 Å². The highest BCUT2D eigenvalue weighted by Crippen LogP contribution is 2.31. The largest absolute Gasteiger partial charge is 0.416 e. The minimum Gasteiger partial charge on any atom is -0.390 e. The molecule has 2 unspecified atom stereocenters. The number of amides is 2. The molecule has 0 bridgehead atoms. The molecule has 0 spiro atoms. The third-order valence-electron chi connectivity index (χ3n) is 4.20. The number of carbonyl (C=O) groups is 1. The zero-order valence-corrected chi connectivity index (χ0v) is 14.5. The molecule has 5 nitrogen and oxygen atoms in total. The molecule has 2 amide bonds. The normalized spacial score (nSPS) is 19.2. The van der Waals surface area contributed by atoms with Crippen molar-refractivity contribution in [2.45, 2.75) is 31.8 Å². The fourth-order valence-corrected chi connectivity index (χ4v) is 2.83. The fraction of sp³-hybridized carbons (Fsp3) is 0.263. The quantitative estimate of drug-likeness (QED) is 0.854. The van der Waals surface area contributed by atoms with E-state index in [-0.39, 0.29) is 12.1 Å². The molecule has 8 heteroatoms. The van der Waals surface area contributed by atoms with E-state index in [2.05, 4.69) is 15.8 Å². The first-order valence-corrected chi connectivity index (χ1v) is 8.35. The first-order chi connectivity index (χ1) is 12.9. The van der Waals surface area contributed by atoms with Crippen molar-refractivity contribution in [2.75, 3.05) is 0 Å². The molecule has 0 radical (unpaired) electrons. The Balaban J connectivity index is 1.65. The maximum absolute atomic E-state index is 13.0. The summed E-state index contributed by atoms with van der Waals surface area (Å²) in [6.45, 7) is 1.50. The molecule has 0 fully saturated rings. The van der Waals surface area contributed by atoms with Crippen LogP contribution in [0.2, 0.25) is 0 Å². The van der Waals surface area contributed by atoms with Crippen LogP contribution in [0.1, 0.15) is 23.6 Å². The number of oxime groups is 1. The first kappa shape index (κ1) is 18.8. The molecule has 3 rings (SSSR count). The Morgan fingerprint density at radius 3 is 2.48 bits per heavy atom. The lowest BCUT2D eigenvalue weighted by molar-refractivity contribution is -0.138. The molecule has 2 aromatic carbocycles. The molecule has 0 aromatic heterocycles. The molecule has 0 saturated heterocycles. The number of benzene rings is 2.